The Kier molecular flexibility index (Phi) is 4.67. The van der Waals surface area contributed by atoms with E-state index in [9.17, 15) is 17.2 Å². The van der Waals surface area contributed by atoms with Gasteiger partial charge in [0.05, 0.1) is 10.8 Å². The standard InChI is InChI=1S/C16H19F2N3O2S/c1-24(22,23)11-6-4-5-10(9-11)19-15-12-7-2-3-8-13(12)20-16(21-15)14(17)18/h2-3,7-8,10-11,14H,4-6,9H2,1H3,(H,19,20,21). The Morgan fingerprint density at radius 2 is 1.96 bits per heavy atom. The maximum Gasteiger partial charge on any atom is 0.297 e. The van der Waals surface area contributed by atoms with Crippen molar-refractivity contribution in [3.63, 3.8) is 0 Å². The first-order valence-corrected chi connectivity index (χ1v) is 9.80. The van der Waals surface area contributed by atoms with E-state index in [0.29, 0.717) is 29.6 Å². The van der Waals surface area contributed by atoms with Crippen LogP contribution in [-0.2, 0) is 9.84 Å². The highest BCUT2D eigenvalue weighted by Crippen LogP contribution is 2.29. The fourth-order valence-electron chi connectivity index (χ4n) is 3.16. The molecule has 2 aromatic rings. The monoisotopic (exact) mass is 355 g/mol. The minimum Gasteiger partial charge on any atom is -0.367 e. The summed E-state index contributed by atoms with van der Waals surface area (Å²) < 4.78 is 49.7. The molecule has 0 bridgehead atoms. The number of aromatic nitrogens is 2. The number of nitrogens with one attached hydrogen (secondary N) is 1. The Labute approximate surface area is 139 Å². The molecule has 2 atom stereocenters. The summed E-state index contributed by atoms with van der Waals surface area (Å²) in [7, 11) is -3.11. The summed E-state index contributed by atoms with van der Waals surface area (Å²) in [5.41, 5.74) is 0.445. The van der Waals surface area contributed by atoms with Crippen molar-refractivity contribution in [1.29, 1.82) is 0 Å². The van der Waals surface area contributed by atoms with Gasteiger partial charge in [-0.2, -0.15) is 0 Å². The van der Waals surface area contributed by atoms with Crippen LogP contribution in [0.2, 0.25) is 0 Å². The SMILES string of the molecule is CS(=O)(=O)C1CCCC(Nc2nc(C(F)F)nc3ccccc23)C1. The predicted molar refractivity (Wildman–Crippen MR) is 89.0 cm³/mol. The number of anilines is 1. The topological polar surface area (TPSA) is 72.0 Å². The van der Waals surface area contributed by atoms with Crippen molar-refractivity contribution in [3.8, 4) is 0 Å². The molecule has 8 heteroatoms. The van der Waals surface area contributed by atoms with Gasteiger partial charge in [0, 0.05) is 17.7 Å². The molecule has 1 aromatic carbocycles. The third kappa shape index (κ3) is 3.63. The van der Waals surface area contributed by atoms with Gasteiger partial charge in [-0.05, 0) is 31.4 Å². The highest BCUT2D eigenvalue weighted by molar-refractivity contribution is 7.91. The molecule has 24 heavy (non-hydrogen) atoms. The molecule has 2 unspecified atom stereocenters. The highest BCUT2D eigenvalue weighted by atomic mass is 32.2. The average molecular weight is 355 g/mol. The number of fused-ring (bicyclic) bond motifs is 1. The number of hydrogen-bond donors (Lipinski definition) is 1. The molecule has 1 aliphatic rings. The lowest BCUT2D eigenvalue weighted by Crippen LogP contribution is -2.34. The lowest BCUT2D eigenvalue weighted by molar-refractivity contribution is 0.141. The van der Waals surface area contributed by atoms with Crippen molar-refractivity contribution in [3.05, 3.63) is 30.1 Å². The molecule has 5 nitrogen and oxygen atoms in total. The number of hydrogen-bond acceptors (Lipinski definition) is 5. The van der Waals surface area contributed by atoms with Crippen LogP contribution in [0.5, 0.6) is 0 Å². The van der Waals surface area contributed by atoms with E-state index in [1.54, 1.807) is 24.3 Å². The normalized spacial score (nSPS) is 22.0. The molecular formula is C16H19F2N3O2S. The second kappa shape index (κ2) is 6.58. The molecule has 0 amide bonds. The number of rotatable bonds is 4. The van der Waals surface area contributed by atoms with Gasteiger partial charge in [-0.15, -0.1) is 0 Å². The molecule has 3 rings (SSSR count). The quantitative estimate of drug-likeness (QED) is 0.911. The molecule has 1 aromatic heterocycles. The number of sulfone groups is 1. The maximum atomic E-state index is 13.0. The van der Waals surface area contributed by atoms with Gasteiger partial charge in [0.1, 0.15) is 15.7 Å². The number of benzene rings is 1. The second-order valence-electron chi connectivity index (χ2n) is 6.21. The summed E-state index contributed by atoms with van der Waals surface area (Å²) >= 11 is 0. The van der Waals surface area contributed by atoms with Crippen molar-refractivity contribution < 1.29 is 17.2 Å². The van der Waals surface area contributed by atoms with Crippen LogP contribution in [0.3, 0.4) is 0 Å². The van der Waals surface area contributed by atoms with Gasteiger partial charge in [0.15, 0.2) is 5.82 Å². The lowest BCUT2D eigenvalue weighted by atomic mass is 9.95. The second-order valence-corrected chi connectivity index (χ2v) is 8.53. The average Bonchev–Trinajstić information content (AvgIpc) is 2.54. The zero-order chi connectivity index (χ0) is 17.3. The number of halogens is 2. The molecule has 1 N–H and O–H groups in total. The molecule has 1 heterocycles. The minimum absolute atomic E-state index is 0.109. The fourth-order valence-corrected chi connectivity index (χ4v) is 4.34. The molecule has 1 saturated carbocycles. The van der Waals surface area contributed by atoms with E-state index in [4.69, 9.17) is 0 Å². The Bertz CT molecular complexity index is 842. The molecule has 130 valence electrons. The minimum atomic E-state index is -3.11. The van der Waals surface area contributed by atoms with Gasteiger partial charge in [0.25, 0.3) is 6.43 Å². The first kappa shape index (κ1) is 17.0. The van der Waals surface area contributed by atoms with Gasteiger partial charge in [0.2, 0.25) is 0 Å². The number of nitrogens with zero attached hydrogens (tertiary/aromatic N) is 2. The zero-order valence-electron chi connectivity index (χ0n) is 13.2. The van der Waals surface area contributed by atoms with E-state index in [0.717, 1.165) is 12.8 Å². The molecular weight excluding hydrogens is 336 g/mol. The zero-order valence-corrected chi connectivity index (χ0v) is 14.1. The van der Waals surface area contributed by atoms with E-state index in [1.807, 2.05) is 0 Å². The van der Waals surface area contributed by atoms with Crippen molar-refractivity contribution in [1.82, 2.24) is 9.97 Å². The van der Waals surface area contributed by atoms with E-state index in [2.05, 4.69) is 15.3 Å². The van der Waals surface area contributed by atoms with Crippen LogP contribution < -0.4 is 5.32 Å². The van der Waals surface area contributed by atoms with Crippen LogP contribution >= 0.6 is 0 Å². The van der Waals surface area contributed by atoms with Gasteiger partial charge < -0.3 is 5.32 Å². The largest absolute Gasteiger partial charge is 0.367 e. The summed E-state index contributed by atoms with van der Waals surface area (Å²) in [4.78, 5) is 7.85. The van der Waals surface area contributed by atoms with Gasteiger partial charge in [-0.25, -0.2) is 27.2 Å². The van der Waals surface area contributed by atoms with Gasteiger partial charge >= 0.3 is 0 Å². The first-order chi connectivity index (χ1) is 11.3. The molecule has 0 aliphatic heterocycles. The van der Waals surface area contributed by atoms with Crippen LogP contribution in [0, 0.1) is 0 Å². The third-order valence-corrected chi connectivity index (χ3v) is 6.03. The Morgan fingerprint density at radius 1 is 1.21 bits per heavy atom. The smallest absolute Gasteiger partial charge is 0.297 e. The molecule has 1 fully saturated rings. The Morgan fingerprint density at radius 3 is 2.67 bits per heavy atom. The van der Waals surface area contributed by atoms with Gasteiger partial charge in [-0.3, -0.25) is 0 Å². The maximum absolute atomic E-state index is 13.0. The van der Waals surface area contributed by atoms with E-state index in [1.165, 1.54) is 6.26 Å². The summed E-state index contributed by atoms with van der Waals surface area (Å²) in [6.07, 6.45) is 1.15. The van der Waals surface area contributed by atoms with Crippen molar-refractivity contribution in [2.24, 2.45) is 0 Å². The van der Waals surface area contributed by atoms with Crippen LogP contribution in [0.1, 0.15) is 37.9 Å². The molecule has 1 aliphatic carbocycles. The molecule has 0 spiro atoms. The van der Waals surface area contributed by atoms with Crippen LogP contribution in [0.4, 0.5) is 14.6 Å². The summed E-state index contributed by atoms with van der Waals surface area (Å²) in [5.74, 6) is -0.179. The van der Waals surface area contributed by atoms with E-state index < -0.39 is 27.3 Å². The molecule has 0 saturated heterocycles. The van der Waals surface area contributed by atoms with Crippen LogP contribution in [0.15, 0.2) is 24.3 Å². The predicted octanol–water partition coefficient (Wildman–Crippen LogP) is 3.34. The van der Waals surface area contributed by atoms with E-state index >= 15 is 0 Å². The molecule has 0 radical (unpaired) electrons. The Hall–Kier alpha value is -1.83. The van der Waals surface area contributed by atoms with E-state index in [-0.39, 0.29) is 6.04 Å². The highest BCUT2D eigenvalue weighted by Gasteiger charge is 2.29. The first-order valence-electron chi connectivity index (χ1n) is 7.85. The van der Waals surface area contributed by atoms with Gasteiger partial charge in [-0.1, -0.05) is 18.6 Å². The summed E-state index contributed by atoms with van der Waals surface area (Å²) in [5, 5.41) is 3.43. The number of para-hydroxylation sites is 1. The fraction of sp³-hybridized carbons (Fsp3) is 0.500. The van der Waals surface area contributed by atoms with Crippen molar-refractivity contribution in [2.45, 2.75) is 43.4 Å². The lowest BCUT2D eigenvalue weighted by Gasteiger charge is -2.29. The summed E-state index contributed by atoms with van der Waals surface area (Å²) in [6, 6.07) is 6.84. The van der Waals surface area contributed by atoms with Crippen molar-refractivity contribution >= 4 is 26.6 Å². The van der Waals surface area contributed by atoms with Crippen LogP contribution in [0.25, 0.3) is 10.9 Å². The third-order valence-electron chi connectivity index (χ3n) is 4.39. The van der Waals surface area contributed by atoms with Crippen LogP contribution in [-0.4, -0.2) is 35.9 Å². The Balaban J connectivity index is 1.91. The summed E-state index contributed by atoms with van der Waals surface area (Å²) in [6.45, 7) is 0. The number of alkyl halides is 2. The van der Waals surface area contributed by atoms with Crippen molar-refractivity contribution in [2.75, 3.05) is 11.6 Å².